The molecule has 110 valence electrons. The van der Waals surface area contributed by atoms with E-state index in [-0.39, 0.29) is 12.5 Å². The van der Waals surface area contributed by atoms with Gasteiger partial charge >= 0.3 is 11.9 Å². The van der Waals surface area contributed by atoms with Crippen LogP contribution in [0.4, 0.5) is 0 Å². The average Bonchev–Trinajstić information content (AvgIpc) is 2.33. The van der Waals surface area contributed by atoms with E-state index >= 15 is 0 Å². The lowest BCUT2D eigenvalue weighted by atomic mass is 9.91. The fourth-order valence-corrected chi connectivity index (χ4v) is 1.95. The van der Waals surface area contributed by atoms with Crippen molar-refractivity contribution in [2.24, 2.45) is 5.92 Å². The summed E-state index contributed by atoms with van der Waals surface area (Å²) in [5.41, 5.74) is 0. The second-order valence-electron chi connectivity index (χ2n) is 4.50. The van der Waals surface area contributed by atoms with Crippen molar-refractivity contribution in [1.29, 1.82) is 0 Å². The van der Waals surface area contributed by atoms with Gasteiger partial charge < -0.3 is 24.1 Å². The largest absolute Gasteiger partial charge is 0.463 e. The minimum atomic E-state index is -0.955. The molecule has 7 nitrogen and oxygen atoms in total. The molecule has 2 unspecified atom stereocenters. The molecule has 1 fully saturated rings. The fourth-order valence-electron chi connectivity index (χ4n) is 1.95. The van der Waals surface area contributed by atoms with Crippen LogP contribution in [0.5, 0.6) is 0 Å². The molecule has 1 aliphatic rings. The van der Waals surface area contributed by atoms with Crippen LogP contribution in [0.1, 0.15) is 20.8 Å². The minimum Gasteiger partial charge on any atom is -0.463 e. The molecule has 7 heteroatoms. The smallest absolute Gasteiger partial charge is 0.303 e. The molecule has 0 spiro atoms. The van der Waals surface area contributed by atoms with Crippen LogP contribution in [-0.4, -0.2) is 55.4 Å². The summed E-state index contributed by atoms with van der Waals surface area (Å²) in [6, 6.07) is 0. The summed E-state index contributed by atoms with van der Waals surface area (Å²) in [6.45, 7) is 4.27. The molecule has 0 radical (unpaired) electrons. The highest BCUT2D eigenvalue weighted by Crippen LogP contribution is 2.28. The van der Waals surface area contributed by atoms with Crippen molar-refractivity contribution in [3.05, 3.63) is 0 Å². The molecule has 0 amide bonds. The zero-order chi connectivity index (χ0) is 14.6. The van der Waals surface area contributed by atoms with Crippen molar-refractivity contribution in [3.8, 4) is 0 Å². The highest BCUT2D eigenvalue weighted by atomic mass is 16.7. The number of aliphatic hydroxyl groups is 1. The van der Waals surface area contributed by atoms with E-state index in [1.54, 1.807) is 6.92 Å². The van der Waals surface area contributed by atoms with Crippen molar-refractivity contribution in [3.63, 3.8) is 0 Å². The van der Waals surface area contributed by atoms with Gasteiger partial charge in [-0.3, -0.25) is 9.59 Å². The molecule has 0 aromatic carbocycles. The summed E-state index contributed by atoms with van der Waals surface area (Å²) < 4.78 is 20.5. The SMILES string of the molecule is CO[C@@H]1OC(COC(C)=O)[C@@H](C)[C@@H](O)C1OC(C)=O. The molecule has 0 saturated carbocycles. The maximum absolute atomic E-state index is 11.0. The first-order valence-electron chi connectivity index (χ1n) is 6.03. The van der Waals surface area contributed by atoms with Gasteiger partial charge in [0.2, 0.25) is 0 Å². The van der Waals surface area contributed by atoms with Gasteiger partial charge in [0.05, 0.1) is 0 Å². The van der Waals surface area contributed by atoms with Crippen molar-refractivity contribution in [2.75, 3.05) is 13.7 Å². The van der Waals surface area contributed by atoms with Crippen LogP contribution in [0.2, 0.25) is 0 Å². The van der Waals surface area contributed by atoms with Crippen molar-refractivity contribution in [2.45, 2.75) is 45.4 Å². The van der Waals surface area contributed by atoms with E-state index in [4.69, 9.17) is 18.9 Å². The third-order valence-corrected chi connectivity index (χ3v) is 3.02. The molecule has 0 aromatic heterocycles. The topological polar surface area (TPSA) is 91.3 Å². The van der Waals surface area contributed by atoms with Crippen LogP contribution in [0.25, 0.3) is 0 Å². The zero-order valence-corrected chi connectivity index (χ0v) is 11.5. The first kappa shape index (κ1) is 15.9. The number of rotatable bonds is 4. The number of aliphatic hydroxyl groups excluding tert-OH is 1. The molecule has 0 aromatic rings. The van der Waals surface area contributed by atoms with Crippen LogP contribution >= 0.6 is 0 Å². The standard InChI is InChI=1S/C12H20O7/c1-6-9(5-17-7(2)13)19-12(16-4)11(10(6)15)18-8(3)14/h6,9-12,15H,5H2,1-4H3/t6-,9?,10-,11?,12-/m1/s1. The molecule has 19 heavy (non-hydrogen) atoms. The van der Waals surface area contributed by atoms with E-state index in [1.807, 2.05) is 0 Å². The lowest BCUT2D eigenvalue weighted by Crippen LogP contribution is -2.56. The first-order valence-corrected chi connectivity index (χ1v) is 6.03. The van der Waals surface area contributed by atoms with E-state index in [1.165, 1.54) is 21.0 Å². The van der Waals surface area contributed by atoms with Gasteiger partial charge in [0.25, 0.3) is 0 Å². The molecule has 1 heterocycles. The monoisotopic (exact) mass is 276 g/mol. The maximum Gasteiger partial charge on any atom is 0.303 e. The Bertz CT molecular complexity index is 326. The number of carbonyl (C=O) groups excluding carboxylic acids is 2. The van der Waals surface area contributed by atoms with Crippen LogP contribution in [-0.2, 0) is 28.5 Å². The van der Waals surface area contributed by atoms with E-state index < -0.39 is 36.5 Å². The van der Waals surface area contributed by atoms with E-state index in [0.717, 1.165) is 0 Å². The molecule has 1 saturated heterocycles. The van der Waals surface area contributed by atoms with Gasteiger partial charge in [-0.05, 0) is 0 Å². The van der Waals surface area contributed by atoms with Crippen molar-refractivity contribution >= 4 is 11.9 Å². The predicted molar refractivity (Wildman–Crippen MR) is 63.0 cm³/mol. The Morgan fingerprint density at radius 3 is 2.37 bits per heavy atom. The van der Waals surface area contributed by atoms with E-state index in [9.17, 15) is 14.7 Å². The quantitative estimate of drug-likeness (QED) is 0.714. The summed E-state index contributed by atoms with van der Waals surface area (Å²) in [4.78, 5) is 21.8. The maximum atomic E-state index is 11.0. The Morgan fingerprint density at radius 1 is 1.26 bits per heavy atom. The minimum absolute atomic E-state index is 0.0141. The molecule has 1 rings (SSSR count). The number of hydrogen-bond donors (Lipinski definition) is 1. The average molecular weight is 276 g/mol. The first-order chi connectivity index (χ1) is 8.86. The zero-order valence-electron chi connectivity index (χ0n) is 11.5. The Labute approximate surface area is 111 Å². The van der Waals surface area contributed by atoms with Gasteiger partial charge in [-0.15, -0.1) is 0 Å². The van der Waals surface area contributed by atoms with Crippen LogP contribution in [0.3, 0.4) is 0 Å². The van der Waals surface area contributed by atoms with Gasteiger partial charge in [0.15, 0.2) is 12.4 Å². The number of hydrogen-bond acceptors (Lipinski definition) is 7. The second kappa shape index (κ2) is 6.83. The van der Waals surface area contributed by atoms with Gasteiger partial charge in [-0.25, -0.2) is 0 Å². The van der Waals surface area contributed by atoms with Gasteiger partial charge in [-0.1, -0.05) is 6.92 Å². The highest BCUT2D eigenvalue weighted by molar-refractivity contribution is 5.66. The van der Waals surface area contributed by atoms with E-state index in [2.05, 4.69) is 0 Å². The normalized spacial score (nSPS) is 34.7. The summed E-state index contributed by atoms with van der Waals surface area (Å²) in [5, 5.41) is 10.1. The molecule has 5 atom stereocenters. The van der Waals surface area contributed by atoms with Crippen molar-refractivity contribution in [1.82, 2.24) is 0 Å². The molecule has 0 aliphatic carbocycles. The molecule has 0 bridgehead atoms. The molecule has 1 aliphatic heterocycles. The lowest BCUT2D eigenvalue weighted by Gasteiger charge is -2.41. The Kier molecular flexibility index (Phi) is 5.71. The summed E-state index contributed by atoms with van der Waals surface area (Å²) in [5.74, 6) is -1.32. The number of esters is 2. The van der Waals surface area contributed by atoms with Crippen LogP contribution in [0, 0.1) is 5.92 Å². The second-order valence-corrected chi connectivity index (χ2v) is 4.50. The lowest BCUT2D eigenvalue weighted by molar-refractivity contribution is -0.285. The third kappa shape index (κ3) is 4.15. The number of ether oxygens (including phenoxy) is 4. The summed E-state index contributed by atoms with van der Waals surface area (Å²) in [7, 11) is 1.38. The highest BCUT2D eigenvalue weighted by Gasteiger charge is 2.45. The van der Waals surface area contributed by atoms with Gasteiger partial charge in [0, 0.05) is 26.9 Å². The molecular weight excluding hydrogens is 256 g/mol. The summed E-state index contributed by atoms with van der Waals surface area (Å²) >= 11 is 0. The van der Waals surface area contributed by atoms with Crippen LogP contribution in [0.15, 0.2) is 0 Å². The third-order valence-electron chi connectivity index (χ3n) is 3.02. The summed E-state index contributed by atoms with van der Waals surface area (Å²) in [6.07, 6.45) is -3.26. The van der Waals surface area contributed by atoms with Crippen LogP contribution < -0.4 is 0 Å². The van der Waals surface area contributed by atoms with Gasteiger partial charge in [0.1, 0.15) is 18.8 Å². The van der Waals surface area contributed by atoms with Gasteiger partial charge in [-0.2, -0.15) is 0 Å². The predicted octanol–water partition coefficient (Wildman–Crippen LogP) is -0.151. The Hall–Kier alpha value is -1.18. The molecular formula is C12H20O7. The number of methoxy groups -OCH3 is 1. The Balaban J connectivity index is 2.72. The van der Waals surface area contributed by atoms with Crippen molar-refractivity contribution < 1.29 is 33.6 Å². The fraction of sp³-hybridized carbons (Fsp3) is 0.833. The van der Waals surface area contributed by atoms with E-state index in [0.29, 0.717) is 0 Å². The molecule has 1 N–H and O–H groups in total. The number of carbonyl (C=O) groups is 2. The Morgan fingerprint density at radius 2 is 1.89 bits per heavy atom.